The van der Waals surface area contributed by atoms with Crippen LogP contribution in [-0.2, 0) is 39.0 Å². The number of aromatic hydroxyl groups is 2. The maximum atomic E-state index is 10.7. The van der Waals surface area contributed by atoms with E-state index in [2.05, 4.69) is 41.7 Å². The molecule has 0 aromatic heterocycles. The van der Waals surface area contributed by atoms with E-state index in [1.54, 1.807) is 0 Å². The molecule has 0 heterocycles. The summed E-state index contributed by atoms with van der Waals surface area (Å²) in [5.41, 5.74) is 5.92. The summed E-state index contributed by atoms with van der Waals surface area (Å²) in [4.78, 5) is 2.22. The number of phenolic OH excluding ortho intramolecular Hbond substituents is 2. The standard InChI is InChI=1S/C23H24BrNO2.2C7H7.Zr/c1-25(16-14-19-10-6-12-21(24)23(19)27)15-13-18-9-5-11-20(22(18)26)17-7-3-2-4-8-17;2*1-7-5-3-2-4-6-7;/h2-12,26-27H,13-16H2,1H3;2*2-6H,1H2;/q;2*-1;+3. The molecule has 0 bridgehead atoms. The second kappa shape index (κ2) is 19.0. The Morgan fingerprint density at radius 3 is 1.45 bits per heavy atom. The van der Waals surface area contributed by atoms with Crippen molar-refractivity contribution in [3.8, 4) is 22.6 Å². The van der Waals surface area contributed by atoms with E-state index in [1.165, 1.54) is 0 Å². The maximum absolute atomic E-state index is 10.7. The molecule has 2 N–H and O–H groups in total. The first-order chi connectivity index (χ1) is 19.8. The monoisotopic (exact) mass is 697 g/mol. The Balaban J connectivity index is 0.000000334. The van der Waals surface area contributed by atoms with Crippen LogP contribution in [0.5, 0.6) is 11.5 Å². The molecule has 0 saturated heterocycles. The topological polar surface area (TPSA) is 43.7 Å². The van der Waals surface area contributed by atoms with Crippen LogP contribution in [0.2, 0.25) is 0 Å². The van der Waals surface area contributed by atoms with Crippen molar-refractivity contribution in [3.63, 3.8) is 0 Å². The Hall–Kier alpha value is -3.24. The van der Waals surface area contributed by atoms with Crippen molar-refractivity contribution in [3.05, 3.63) is 168 Å². The molecule has 0 saturated carbocycles. The molecule has 5 aromatic carbocycles. The third-order valence-corrected chi connectivity index (χ3v) is 7.13. The van der Waals surface area contributed by atoms with Crippen molar-refractivity contribution >= 4 is 15.9 Å². The van der Waals surface area contributed by atoms with Crippen LogP contribution in [0.25, 0.3) is 11.1 Å². The molecule has 5 aromatic rings. The number of benzene rings is 5. The van der Waals surface area contributed by atoms with Gasteiger partial charge in [-0.2, -0.15) is 49.2 Å². The quantitative estimate of drug-likeness (QED) is 0.167. The molecule has 0 aliphatic carbocycles. The van der Waals surface area contributed by atoms with Crippen LogP contribution in [0.4, 0.5) is 0 Å². The number of hydrogen-bond acceptors (Lipinski definition) is 3. The van der Waals surface area contributed by atoms with Gasteiger partial charge in [0, 0.05) is 18.7 Å². The summed E-state index contributed by atoms with van der Waals surface area (Å²) in [5, 5.41) is 20.8. The van der Waals surface area contributed by atoms with E-state index in [-0.39, 0.29) is 26.2 Å². The van der Waals surface area contributed by atoms with Gasteiger partial charge in [0.2, 0.25) is 0 Å². The fourth-order valence-corrected chi connectivity index (χ4v) is 4.50. The molecule has 0 aliphatic heterocycles. The normalized spacial score (nSPS) is 9.98. The summed E-state index contributed by atoms with van der Waals surface area (Å²) in [7, 11) is 2.06. The van der Waals surface area contributed by atoms with Crippen molar-refractivity contribution in [2.24, 2.45) is 0 Å². The fraction of sp³-hybridized carbons (Fsp3) is 0.135. The van der Waals surface area contributed by atoms with Gasteiger partial charge in [-0.25, -0.2) is 0 Å². The number of halogens is 1. The van der Waals surface area contributed by atoms with Gasteiger partial charge in [-0.1, -0.05) is 72.8 Å². The van der Waals surface area contributed by atoms with Gasteiger partial charge in [0.05, 0.1) is 4.47 Å². The predicted molar refractivity (Wildman–Crippen MR) is 176 cm³/mol. The van der Waals surface area contributed by atoms with Crippen molar-refractivity contribution in [1.29, 1.82) is 0 Å². The molecule has 0 amide bonds. The number of likely N-dealkylation sites (N-methyl/N-ethyl adjacent to an activating group) is 1. The molecule has 3 nitrogen and oxygen atoms in total. The van der Waals surface area contributed by atoms with Gasteiger partial charge in [-0.15, -0.1) is 24.3 Å². The summed E-state index contributed by atoms with van der Waals surface area (Å²) in [6, 6.07) is 41.4. The number of para-hydroxylation sites is 2. The van der Waals surface area contributed by atoms with Crippen molar-refractivity contribution in [2.45, 2.75) is 12.8 Å². The van der Waals surface area contributed by atoms with Gasteiger partial charge in [0.15, 0.2) is 0 Å². The molecule has 1 radical (unpaired) electrons. The Kier molecular flexibility index (Phi) is 15.9. The van der Waals surface area contributed by atoms with Crippen LogP contribution >= 0.6 is 15.9 Å². The van der Waals surface area contributed by atoms with Gasteiger partial charge in [0.1, 0.15) is 11.5 Å². The SMILES string of the molecule is CN(CCc1cccc(Br)c1O)CCc1cccc(-c2ccccc2)c1O.[CH2-]c1ccccc1.[CH2-]c1ccccc1.[Zr+3]. The Labute approximate surface area is 279 Å². The van der Waals surface area contributed by atoms with Crippen LogP contribution in [0.1, 0.15) is 22.3 Å². The number of nitrogens with zero attached hydrogens (tertiary/aromatic N) is 1. The molecule has 0 spiro atoms. The number of rotatable bonds is 7. The summed E-state index contributed by atoms with van der Waals surface area (Å²) in [6.45, 7) is 9.11. The van der Waals surface area contributed by atoms with Gasteiger partial charge in [-0.3, -0.25) is 0 Å². The second-order valence-corrected chi connectivity index (χ2v) is 10.6. The molecule has 0 unspecified atom stereocenters. The van der Waals surface area contributed by atoms with E-state index in [0.29, 0.717) is 11.5 Å². The van der Waals surface area contributed by atoms with Crippen LogP contribution in [0.3, 0.4) is 0 Å². The zero-order valence-electron chi connectivity index (χ0n) is 24.1. The molecule has 42 heavy (non-hydrogen) atoms. The largest absolute Gasteiger partial charge is 3.00 e. The molecule has 0 fully saturated rings. The zero-order chi connectivity index (χ0) is 29.5. The first-order valence-electron chi connectivity index (χ1n) is 13.6. The van der Waals surface area contributed by atoms with Gasteiger partial charge < -0.3 is 15.1 Å². The van der Waals surface area contributed by atoms with E-state index in [0.717, 1.165) is 63.8 Å². The van der Waals surface area contributed by atoms with E-state index in [1.807, 2.05) is 127 Å². The minimum atomic E-state index is 0. The fourth-order valence-electron chi connectivity index (χ4n) is 4.10. The van der Waals surface area contributed by atoms with Gasteiger partial charge >= 0.3 is 26.2 Å². The second-order valence-electron chi connectivity index (χ2n) is 9.70. The molecule has 5 heteroatoms. The van der Waals surface area contributed by atoms with Crippen molar-refractivity contribution < 1.29 is 36.4 Å². The Bertz CT molecular complexity index is 1410. The van der Waals surface area contributed by atoms with Crippen molar-refractivity contribution in [2.75, 3.05) is 20.1 Å². The number of hydrogen-bond donors (Lipinski definition) is 2. The Morgan fingerprint density at radius 2 is 1.00 bits per heavy atom. The summed E-state index contributed by atoms with van der Waals surface area (Å²) in [5.74, 6) is 0.681. The molecule has 213 valence electrons. The zero-order valence-corrected chi connectivity index (χ0v) is 28.1. The van der Waals surface area contributed by atoms with Gasteiger partial charge in [-0.05, 0) is 58.6 Å². The van der Waals surface area contributed by atoms with Crippen LogP contribution in [0, 0.1) is 13.8 Å². The number of phenols is 2. The molecule has 0 aliphatic rings. The molecule has 5 rings (SSSR count). The van der Waals surface area contributed by atoms with Crippen LogP contribution in [0.15, 0.2) is 132 Å². The van der Waals surface area contributed by atoms with E-state index < -0.39 is 0 Å². The van der Waals surface area contributed by atoms with Gasteiger partial charge in [0.25, 0.3) is 0 Å². The average molecular weight is 700 g/mol. The maximum Gasteiger partial charge on any atom is 3.00 e. The molecule has 0 atom stereocenters. The first-order valence-corrected chi connectivity index (χ1v) is 14.4. The molecular formula is C37H38BrNO2Zr+. The third-order valence-electron chi connectivity index (χ3n) is 6.49. The summed E-state index contributed by atoms with van der Waals surface area (Å²) < 4.78 is 0.727. The van der Waals surface area contributed by atoms with E-state index in [9.17, 15) is 10.2 Å². The Morgan fingerprint density at radius 1 is 0.571 bits per heavy atom. The summed E-state index contributed by atoms with van der Waals surface area (Å²) in [6.07, 6.45) is 1.55. The average Bonchev–Trinajstić information content (AvgIpc) is 2.99. The van der Waals surface area contributed by atoms with Crippen molar-refractivity contribution in [1.82, 2.24) is 4.90 Å². The predicted octanol–water partition coefficient (Wildman–Crippen LogP) is 8.98. The van der Waals surface area contributed by atoms with Crippen LogP contribution < -0.4 is 0 Å². The first kappa shape index (κ1) is 35.0. The third kappa shape index (κ3) is 11.9. The minimum absolute atomic E-state index is 0. The smallest absolute Gasteiger partial charge is 0.507 e. The minimum Gasteiger partial charge on any atom is -0.507 e. The van der Waals surface area contributed by atoms with E-state index in [4.69, 9.17) is 0 Å². The molecular weight excluding hydrogens is 662 g/mol. The van der Waals surface area contributed by atoms with E-state index >= 15 is 0 Å². The summed E-state index contributed by atoms with van der Waals surface area (Å²) >= 11 is 3.36. The van der Waals surface area contributed by atoms with Crippen LogP contribution in [-0.4, -0.2) is 35.3 Å².